The molecule has 0 aliphatic rings. The van der Waals surface area contributed by atoms with Crippen LogP contribution in [0.2, 0.25) is 0 Å². The van der Waals surface area contributed by atoms with Crippen molar-refractivity contribution < 1.29 is 9.90 Å². The van der Waals surface area contributed by atoms with Crippen molar-refractivity contribution in [2.24, 2.45) is 5.92 Å². The molecule has 0 radical (unpaired) electrons. The van der Waals surface area contributed by atoms with E-state index in [0.717, 1.165) is 17.9 Å². The van der Waals surface area contributed by atoms with E-state index in [1.165, 1.54) is 38.5 Å². The molecule has 0 spiro atoms. The van der Waals surface area contributed by atoms with Gasteiger partial charge in [-0.3, -0.25) is 4.79 Å². The third-order valence-electron chi connectivity index (χ3n) is 3.46. The molecule has 1 atom stereocenters. The first-order chi connectivity index (χ1) is 10.7. The van der Waals surface area contributed by atoms with Crippen molar-refractivity contribution in [3.63, 3.8) is 0 Å². The third kappa shape index (κ3) is 15.5. The Kier molecular flexibility index (Phi) is 15.8. The quantitative estimate of drug-likeness (QED) is 0.247. The molecule has 0 aliphatic carbocycles. The minimum atomic E-state index is -0.718. The molecule has 0 saturated carbocycles. The maximum Gasteiger partial charge on any atom is 0.306 e. The van der Waals surface area contributed by atoms with Gasteiger partial charge in [-0.05, 0) is 37.8 Å². The van der Waals surface area contributed by atoms with Crippen molar-refractivity contribution >= 4 is 17.7 Å². The Morgan fingerprint density at radius 3 is 2.59 bits per heavy atom. The van der Waals surface area contributed by atoms with Gasteiger partial charge in [0.2, 0.25) is 0 Å². The number of hydrogen-bond acceptors (Lipinski definition) is 2. The standard InChI is InChI=1S/C19H32O2S/c1-3-4-5-6-7-8-10-13-16-22-17-14-11-9-12-15-18(2)19(20)21/h9-10,13-14,18H,3-8,12,15-17H2,1-2H3,(H,20,21)/b13-10-. The zero-order chi connectivity index (χ0) is 16.5. The summed E-state index contributed by atoms with van der Waals surface area (Å²) in [7, 11) is 0. The summed E-state index contributed by atoms with van der Waals surface area (Å²) >= 11 is 1.88. The van der Waals surface area contributed by atoms with E-state index in [2.05, 4.69) is 24.8 Å². The number of unbranched alkanes of at least 4 members (excludes halogenated alkanes) is 5. The highest BCUT2D eigenvalue weighted by Crippen LogP contribution is 2.07. The molecule has 1 N–H and O–H groups in total. The van der Waals surface area contributed by atoms with Crippen LogP contribution < -0.4 is 0 Å². The Morgan fingerprint density at radius 1 is 1.09 bits per heavy atom. The van der Waals surface area contributed by atoms with E-state index < -0.39 is 5.97 Å². The molecule has 0 aromatic carbocycles. The molecule has 0 rings (SSSR count). The third-order valence-corrected chi connectivity index (χ3v) is 4.29. The summed E-state index contributed by atoms with van der Waals surface area (Å²) in [6.07, 6.45) is 17.9. The molecular weight excluding hydrogens is 292 g/mol. The van der Waals surface area contributed by atoms with Gasteiger partial charge in [0.05, 0.1) is 5.92 Å². The van der Waals surface area contributed by atoms with Gasteiger partial charge in [0.25, 0.3) is 0 Å². The van der Waals surface area contributed by atoms with E-state index in [1.807, 2.05) is 23.9 Å². The van der Waals surface area contributed by atoms with Gasteiger partial charge in [-0.15, -0.1) is 5.73 Å². The fourth-order valence-corrected chi connectivity index (χ4v) is 2.54. The molecule has 3 heteroatoms. The Hall–Kier alpha value is -0.920. The molecule has 22 heavy (non-hydrogen) atoms. The zero-order valence-corrected chi connectivity index (χ0v) is 15.0. The van der Waals surface area contributed by atoms with Crippen LogP contribution in [-0.2, 0) is 4.79 Å². The van der Waals surface area contributed by atoms with E-state index in [-0.39, 0.29) is 5.92 Å². The predicted octanol–water partition coefficient (Wildman–Crippen LogP) is 5.85. The number of allylic oxidation sites excluding steroid dienone is 1. The molecule has 0 saturated heterocycles. The topological polar surface area (TPSA) is 37.3 Å². The van der Waals surface area contributed by atoms with Crippen molar-refractivity contribution in [3.8, 4) is 0 Å². The van der Waals surface area contributed by atoms with Crippen LogP contribution in [0.1, 0.15) is 65.2 Å². The van der Waals surface area contributed by atoms with Crippen LogP contribution >= 0.6 is 11.8 Å². The second-order valence-corrected chi connectivity index (χ2v) is 6.68. The Balaban J connectivity index is 3.40. The van der Waals surface area contributed by atoms with Crippen LogP contribution in [-0.4, -0.2) is 22.6 Å². The first-order valence-corrected chi connectivity index (χ1v) is 9.68. The normalized spacial score (nSPS) is 12.1. The number of rotatable bonds is 14. The molecule has 1 unspecified atom stereocenters. The van der Waals surface area contributed by atoms with Gasteiger partial charge in [0.1, 0.15) is 0 Å². The lowest BCUT2D eigenvalue weighted by molar-refractivity contribution is -0.141. The van der Waals surface area contributed by atoms with Crippen molar-refractivity contribution in [2.45, 2.75) is 65.2 Å². The van der Waals surface area contributed by atoms with Crippen LogP contribution in [0.3, 0.4) is 0 Å². The maximum atomic E-state index is 10.6. The van der Waals surface area contributed by atoms with Crippen LogP contribution in [0.5, 0.6) is 0 Å². The summed E-state index contributed by atoms with van der Waals surface area (Å²) in [6, 6.07) is 0. The van der Waals surface area contributed by atoms with E-state index in [0.29, 0.717) is 6.42 Å². The number of carbonyl (C=O) groups is 1. The van der Waals surface area contributed by atoms with Crippen molar-refractivity contribution in [3.05, 3.63) is 30.0 Å². The SMILES string of the molecule is CCCCCCC/C=C\CSCC=C=CCCC(C)C(=O)O. The number of carboxylic acid groups (broad SMARTS) is 1. The number of hydrogen-bond donors (Lipinski definition) is 1. The van der Waals surface area contributed by atoms with Crippen molar-refractivity contribution in [1.29, 1.82) is 0 Å². The Labute approximate surface area is 140 Å². The monoisotopic (exact) mass is 324 g/mol. The summed E-state index contributed by atoms with van der Waals surface area (Å²) in [5.74, 6) is 1.04. The van der Waals surface area contributed by atoms with E-state index in [9.17, 15) is 4.79 Å². The first-order valence-electron chi connectivity index (χ1n) is 8.53. The molecule has 0 aromatic rings. The number of carboxylic acids is 1. The van der Waals surface area contributed by atoms with Crippen LogP contribution in [0.15, 0.2) is 30.0 Å². The van der Waals surface area contributed by atoms with E-state index >= 15 is 0 Å². The van der Waals surface area contributed by atoms with E-state index in [1.54, 1.807) is 6.92 Å². The van der Waals surface area contributed by atoms with Gasteiger partial charge in [-0.25, -0.2) is 0 Å². The molecule has 126 valence electrons. The van der Waals surface area contributed by atoms with Crippen molar-refractivity contribution in [2.75, 3.05) is 11.5 Å². The molecule has 2 nitrogen and oxygen atoms in total. The zero-order valence-electron chi connectivity index (χ0n) is 14.2. The molecule has 0 bridgehead atoms. The number of aliphatic carboxylic acids is 1. The van der Waals surface area contributed by atoms with Gasteiger partial charge in [-0.2, -0.15) is 11.8 Å². The number of thioether (sulfide) groups is 1. The summed E-state index contributed by atoms with van der Waals surface area (Å²) < 4.78 is 0. The van der Waals surface area contributed by atoms with Gasteiger partial charge in [0.15, 0.2) is 0 Å². The highest BCUT2D eigenvalue weighted by molar-refractivity contribution is 7.99. The summed E-state index contributed by atoms with van der Waals surface area (Å²) in [5, 5.41) is 8.75. The summed E-state index contributed by atoms with van der Waals surface area (Å²) in [5.41, 5.74) is 3.12. The minimum absolute atomic E-state index is 0.264. The fraction of sp³-hybridized carbons (Fsp3) is 0.684. The van der Waals surface area contributed by atoms with Crippen LogP contribution in [0, 0.1) is 5.92 Å². The predicted molar refractivity (Wildman–Crippen MR) is 98.5 cm³/mol. The minimum Gasteiger partial charge on any atom is -0.481 e. The molecule has 0 heterocycles. The van der Waals surface area contributed by atoms with E-state index in [4.69, 9.17) is 5.11 Å². The lowest BCUT2D eigenvalue weighted by Crippen LogP contribution is -2.08. The Morgan fingerprint density at radius 2 is 1.86 bits per heavy atom. The molecule has 0 amide bonds. The highest BCUT2D eigenvalue weighted by Gasteiger charge is 2.08. The maximum absolute atomic E-state index is 10.6. The highest BCUT2D eigenvalue weighted by atomic mass is 32.2. The van der Waals surface area contributed by atoms with Gasteiger partial charge < -0.3 is 5.11 Å². The lowest BCUT2D eigenvalue weighted by Gasteiger charge is -2.00. The van der Waals surface area contributed by atoms with Crippen LogP contribution in [0.4, 0.5) is 0 Å². The largest absolute Gasteiger partial charge is 0.481 e. The van der Waals surface area contributed by atoms with Gasteiger partial charge in [-0.1, -0.05) is 51.7 Å². The molecule has 0 aromatic heterocycles. The van der Waals surface area contributed by atoms with Crippen molar-refractivity contribution in [1.82, 2.24) is 0 Å². The second-order valence-electron chi connectivity index (χ2n) is 5.60. The summed E-state index contributed by atoms with van der Waals surface area (Å²) in [6.45, 7) is 3.99. The smallest absolute Gasteiger partial charge is 0.306 e. The summed E-state index contributed by atoms with van der Waals surface area (Å²) in [4.78, 5) is 10.6. The second kappa shape index (κ2) is 16.5. The molecule has 0 aliphatic heterocycles. The van der Waals surface area contributed by atoms with Gasteiger partial charge >= 0.3 is 5.97 Å². The lowest BCUT2D eigenvalue weighted by atomic mass is 10.1. The van der Waals surface area contributed by atoms with Crippen LogP contribution in [0.25, 0.3) is 0 Å². The Bertz CT molecular complexity index is 354. The van der Waals surface area contributed by atoms with Gasteiger partial charge in [0, 0.05) is 11.5 Å². The average Bonchev–Trinajstić information content (AvgIpc) is 2.50. The molecule has 0 fully saturated rings. The fourth-order valence-electron chi connectivity index (χ4n) is 1.92. The first kappa shape index (κ1) is 21.1. The molecular formula is C19H32O2S. The average molecular weight is 325 g/mol.